The molecule has 1 aliphatic heterocycles. The molecule has 0 bridgehead atoms. The maximum Gasteiger partial charge on any atom is 0.0648 e. The molecule has 2 fully saturated rings. The molecule has 1 spiro atoms. The minimum Gasteiger partial charge on any atom is -0.303 e. The predicted molar refractivity (Wildman–Crippen MR) is 73.8 cm³/mol. The lowest BCUT2D eigenvalue weighted by molar-refractivity contribution is 0.331. The molecular weight excluding hydrogens is 214 g/mol. The molecule has 1 heterocycles. The zero-order chi connectivity index (χ0) is 11.6. The first kappa shape index (κ1) is 12.8. The summed E-state index contributed by atoms with van der Waals surface area (Å²) in [7, 11) is 0. The Bertz CT molecular complexity index is 229. The van der Waals surface area contributed by atoms with Gasteiger partial charge in [0.05, 0.1) is 4.87 Å². The Hall–Kier alpha value is 0.310. The van der Waals surface area contributed by atoms with Crippen molar-refractivity contribution < 1.29 is 0 Å². The van der Waals surface area contributed by atoms with Crippen molar-refractivity contribution in [3.05, 3.63) is 0 Å². The van der Waals surface area contributed by atoms with Gasteiger partial charge in [-0.05, 0) is 44.1 Å². The van der Waals surface area contributed by atoms with Gasteiger partial charge in [-0.25, -0.2) is 0 Å². The van der Waals surface area contributed by atoms with Crippen LogP contribution in [-0.4, -0.2) is 16.7 Å². The molecule has 3 unspecified atom stereocenters. The first-order valence-corrected chi connectivity index (χ1v) is 7.92. The Balaban J connectivity index is 1.96. The van der Waals surface area contributed by atoms with E-state index >= 15 is 0 Å². The minimum atomic E-state index is 0.446. The predicted octanol–water partition coefficient (Wildman–Crippen LogP) is 4.03. The third kappa shape index (κ3) is 2.95. The topological polar surface area (TPSA) is 12.0 Å². The molecule has 94 valence electrons. The Morgan fingerprint density at radius 3 is 2.69 bits per heavy atom. The first-order valence-electron chi connectivity index (χ1n) is 7.04. The van der Waals surface area contributed by atoms with Crippen LogP contribution >= 0.6 is 11.8 Å². The summed E-state index contributed by atoms with van der Waals surface area (Å²) < 4.78 is 0. The van der Waals surface area contributed by atoms with E-state index in [0.717, 1.165) is 17.1 Å². The second kappa shape index (κ2) is 5.30. The van der Waals surface area contributed by atoms with Gasteiger partial charge in [0, 0.05) is 5.25 Å². The van der Waals surface area contributed by atoms with Crippen LogP contribution in [0.15, 0.2) is 0 Å². The van der Waals surface area contributed by atoms with Crippen molar-refractivity contribution in [2.24, 2.45) is 11.8 Å². The molecule has 2 rings (SSSR count). The lowest BCUT2D eigenvalue weighted by atomic mass is 9.89. The summed E-state index contributed by atoms with van der Waals surface area (Å²) in [5.74, 6) is 1.85. The van der Waals surface area contributed by atoms with Crippen molar-refractivity contribution in [3.63, 3.8) is 0 Å². The molecule has 3 atom stereocenters. The van der Waals surface area contributed by atoms with Crippen LogP contribution in [0.4, 0.5) is 0 Å². The van der Waals surface area contributed by atoms with Gasteiger partial charge < -0.3 is 5.32 Å². The van der Waals surface area contributed by atoms with E-state index in [-0.39, 0.29) is 0 Å². The maximum atomic E-state index is 3.83. The molecule has 2 aliphatic rings. The highest BCUT2D eigenvalue weighted by atomic mass is 32.2. The first-order chi connectivity index (χ1) is 7.61. The van der Waals surface area contributed by atoms with Gasteiger partial charge in [-0.3, -0.25) is 0 Å². The van der Waals surface area contributed by atoms with Crippen molar-refractivity contribution in [3.8, 4) is 0 Å². The van der Waals surface area contributed by atoms with Gasteiger partial charge in [0.2, 0.25) is 0 Å². The third-order valence-corrected chi connectivity index (χ3v) is 6.08. The lowest BCUT2D eigenvalue weighted by Gasteiger charge is -2.40. The van der Waals surface area contributed by atoms with Gasteiger partial charge in [0.15, 0.2) is 0 Å². The fraction of sp³-hybridized carbons (Fsp3) is 1.00. The summed E-state index contributed by atoms with van der Waals surface area (Å²) >= 11 is 2.23. The number of hydrogen-bond acceptors (Lipinski definition) is 2. The Labute approximate surface area is 105 Å². The standard InChI is InChI=1S/C14H27NS/c1-11(2)13-5-4-8-14(9-6-13)15-10-7-12(3)16-14/h11-13,15H,4-10H2,1-3H3. The van der Waals surface area contributed by atoms with E-state index in [1.54, 1.807) is 0 Å². The van der Waals surface area contributed by atoms with E-state index in [1.807, 2.05) is 0 Å². The molecule has 0 aromatic rings. The summed E-state index contributed by atoms with van der Waals surface area (Å²) in [4.78, 5) is 0.446. The monoisotopic (exact) mass is 241 g/mol. The van der Waals surface area contributed by atoms with Gasteiger partial charge in [0.25, 0.3) is 0 Å². The zero-order valence-corrected chi connectivity index (χ0v) is 11.9. The molecule has 0 aromatic heterocycles. The number of hydrogen-bond donors (Lipinski definition) is 1. The van der Waals surface area contributed by atoms with Crippen LogP contribution in [-0.2, 0) is 0 Å². The van der Waals surface area contributed by atoms with Gasteiger partial charge in [-0.1, -0.05) is 33.6 Å². The second-order valence-electron chi connectivity index (χ2n) is 6.07. The molecule has 16 heavy (non-hydrogen) atoms. The second-order valence-corrected chi connectivity index (χ2v) is 7.90. The van der Waals surface area contributed by atoms with E-state index in [1.165, 1.54) is 45.1 Å². The fourth-order valence-corrected chi connectivity index (χ4v) is 4.98. The van der Waals surface area contributed by atoms with Crippen molar-refractivity contribution >= 4 is 11.8 Å². The fourth-order valence-electron chi connectivity index (χ4n) is 3.29. The number of rotatable bonds is 1. The van der Waals surface area contributed by atoms with E-state index in [0.29, 0.717) is 4.87 Å². The van der Waals surface area contributed by atoms with E-state index < -0.39 is 0 Å². The molecule has 1 aliphatic carbocycles. The Morgan fingerprint density at radius 2 is 2.00 bits per heavy atom. The van der Waals surface area contributed by atoms with Gasteiger partial charge >= 0.3 is 0 Å². The maximum absolute atomic E-state index is 3.83. The third-order valence-electron chi connectivity index (χ3n) is 4.44. The van der Waals surface area contributed by atoms with Crippen LogP contribution < -0.4 is 5.32 Å². The molecular formula is C14H27NS. The molecule has 0 radical (unpaired) electrons. The SMILES string of the molecule is CC1CCNC2(CCCC(C(C)C)CC2)S1. The number of thioether (sulfide) groups is 1. The quantitative estimate of drug-likeness (QED) is 0.744. The van der Waals surface area contributed by atoms with Gasteiger partial charge in [0.1, 0.15) is 0 Å². The lowest BCUT2D eigenvalue weighted by Crippen LogP contribution is -2.47. The summed E-state index contributed by atoms with van der Waals surface area (Å²) in [5.41, 5.74) is 0. The van der Waals surface area contributed by atoms with Crippen LogP contribution in [0.2, 0.25) is 0 Å². The molecule has 0 amide bonds. The smallest absolute Gasteiger partial charge is 0.0648 e. The highest BCUT2D eigenvalue weighted by molar-refractivity contribution is 8.01. The van der Waals surface area contributed by atoms with Crippen LogP contribution in [0.3, 0.4) is 0 Å². The van der Waals surface area contributed by atoms with Crippen molar-refractivity contribution in [1.82, 2.24) is 5.32 Å². The van der Waals surface area contributed by atoms with Crippen LogP contribution in [0.1, 0.15) is 59.3 Å². The molecule has 1 N–H and O–H groups in total. The minimum absolute atomic E-state index is 0.446. The highest BCUT2D eigenvalue weighted by Crippen LogP contribution is 2.44. The van der Waals surface area contributed by atoms with E-state index in [4.69, 9.17) is 0 Å². The summed E-state index contributed by atoms with van der Waals surface area (Å²) in [6, 6.07) is 0. The van der Waals surface area contributed by atoms with Crippen molar-refractivity contribution in [2.45, 2.75) is 69.4 Å². The van der Waals surface area contributed by atoms with E-state index in [9.17, 15) is 0 Å². The Morgan fingerprint density at radius 1 is 1.19 bits per heavy atom. The molecule has 2 heteroatoms. The zero-order valence-electron chi connectivity index (χ0n) is 11.1. The summed E-state index contributed by atoms with van der Waals surface area (Å²) in [5, 5.41) is 4.69. The Kier molecular flexibility index (Phi) is 4.23. The van der Waals surface area contributed by atoms with Crippen LogP contribution in [0.25, 0.3) is 0 Å². The highest BCUT2D eigenvalue weighted by Gasteiger charge is 2.37. The van der Waals surface area contributed by atoms with Crippen molar-refractivity contribution in [1.29, 1.82) is 0 Å². The average Bonchev–Trinajstić information content (AvgIpc) is 2.41. The van der Waals surface area contributed by atoms with Gasteiger partial charge in [-0.2, -0.15) is 0 Å². The number of nitrogens with one attached hydrogen (secondary N) is 1. The largest absolute Gasteiger partial charge is 0.303 e. The summed E-state index contributed by atoms with van der Waals surface area (Å²) in [6.07, 6.45) is 8.45. The molecule has 1 saturated heterocycles. The molecule has 0 aromatic carbocycles. The van der Waals surface area contributed by atoms with Crippen LogP contribution in [0.5, 0.6) is 0 Å². The van der Waals surface area contributed by atoms with E-state index in [2.05, 4.69) is 37.8 Å². The summed E-state index contributed by atoms with van der Waals surface area (Å²) in [6.45, 7) is 8.43. The van der Waals surface area contributed by atoms with Crippen LogP contribution in [0, 0.1) is 11.8 Å². The van der Waals surface area contributed by atoms with Gasteiger partial charge in [-0.15, -0.1) is 11.8 Å². The van der Waals surface area contributed by atoms with Crippen molar-refractivity contribution in [2.75, 3.05) is 6.54 Å². The normalized spacial score (nSPS) is 41.2. The average molecular weight is 241 g/mol. The molecule has 1 saturated carbocycles. The molecule has 1 nitrogen and oxygen atoms in total.